The van der Waals surface area contributed by atoms with E-state index in [0.717, 1.165) is 13.1 Å². The molecular weight excluding hydrogens is 351 g/mol. The van der Waals surface area contributed by atoms with E-state index in [1.807, 2.05) is 13.8 Å². The summed E-state index contributed by atoms with van der Waals surface area (Å²) in [4.78, 5) is 13.2. The van der Waals surface area contributed by atoms with Crippen LogP contribution in [0.3, 0.4) is 0 Å². The van der Waals surface area contributed by atoms with Crippen LogP contribution in [0, 0.1) is 0 Å². The van der Waals surface area contributed by atoms with Crippen LogP contribution in [0.5, 0.6) is 0 Å². The number of likely N-dealkylation sites (N-methyl/N-ethyl adjacent to an activating group) is 1. The Labute approximate surface area is 133 Å². The van der Waals surface area contributed by atoms with Gasteiger partial charge in [0.05, 0.1) is 0 Å². The van der Waals surface area contributed by atoms with Crippen molar-refractivity contribution in [1.82, 2.24) is 4.90 Å². The summed E-state index contributed by atoms with van der Waals surface area (Å²) < 4.78 is 22.4. The van der Waals surface area contributed by atoms with Crippen LogP contribution >= 0.6 is 0 Å². The molecule has 0 saturated carbocycles. The van der Waals surface area contributed by atoms with Gasteiger partial charge in [-0.3, -0.25) is 0 Å². The van der Waals surface area contributed by atoms with Crippen LogP contribution < -0.4 is 9.67 Å². The van der Waals surface area contributed by atoms with Crippen molar-refractivity contribution in [2.24, 2.45) is 0 Å². The van der Waals surface area contributed by atoms with Crippen molar-refractivity contribution in [3.05, 3.63) is 24.3 Å². The Morgan fingerprint density at radius 1 is 1.36 bits per heavy atom. The SMILES string of the molecule is CCN(CC)CCO[As](=O)(OO)c1cccc(NC(C)=O)c1. The molecule has 0 heterocycles. The molecule has 2 N–H and O–H groups in total. The number of nitrogens with zero attached hydrogens (tertiary/aromatic N) is 1. The molecule has 1 amide bonds. The topological polar surface area (TPSA) is 88.1 Å². The van der Waals surface area contributed by atoms with Crippen LogP contribution in [0.2, 0.25) is 0 Å². The monoisotopic (exact) mass is 374 g/mol. The minimum atomic E-state index is -4.53. The molecule has 0 aliphatic heterocycles. The van der Waals surface area contributed by atoms with Gasteiger partial charge >= 0.3 is 133 Å². The quantitative estimate of drug-likeness (QED) is 0.382. The van der Waals surface area contributed by atoms with Crippen molar-refractivity contribution >= 4 is 30.1 Å². The molecule has 7 nitrogen and oxygen atoms in total. The summed E-state index contributed by atoms with van der Waals surface area (Å²) >= 11 is -4.53. The first-order valence-electron chi connectivity index (χ1n) is 7.13. The van der Waals surface area contributed by atoms with Crippen molar-refractivity contribution in [1.29, 1.82) is 0 Å². The molecule has 0 aromatic heterocycles. The second-order valence-corrected chi connectivity index (χ2v) is 8.73. The van der Waals surface area contributed by atoms with Gasteiger partial charge in [-0.1, -0.05) is 0 Å². The summed E-state index contributed by atoms with van der Waals surface area (Å²) in [5.74, 6) is -0.244. The predicted octanol–water partition coefficient (Wildman–Crippen LogP) is 1.07. The van der Waals surface area contributed by atoms with Gasteiger partial charge in [0.15, 0.2) is 0 Å². The number of hydrogen-bond donors (Lipinski definition) is 2. The van der Waals surface area contributed by atoms with Crippen LogP contribution in [-0.4, -0.2) is 56.5 Å². The molecule has 0 aliphatic carbocycles. The number of carbonyl (C=O) groups excluding carboxylic acids is 1. The van der Waals surface area contributed by atoms with Crippen LogP contribution in [0.1, 0.15) is 20.8 Å². The first-order chi connectivity index (χ1) is 10.4. The Morgan fingerprint density at radius 3 is 2.59 bits per heavy atom. The standard InChI is InChI=1S/C14H23AsN2O5/c1-4-17(5-2)9-10-21-15(19,22-20)13-7-6-8-14(11-13)16-12(3)18/h6-8,11,20H,4-5,9-10H2,1-3H3,(H,16,18). The van der Waals surface area contributed by atoms with Gasteiger partial charge < -0.3 is 0 Å². The first kappa shape index (κ1) is 18.9. The zero-order valence-electron chi connectivity index (χ0n) is 13.1. The molecule has 0 bridgehead atoms. The molecule has 0 fully saturated rings. The van der Waals surface area contributed by atoms with Gasteiger partial charge in [0.2, 0.25) is 0 Å². The van der Waals surface area contributed by atoms with Crippen molar-refractivity contribution in [2.45, 2.75) is 20.8 Å². The van der Waals surface area contributed by atoms with Crippen LogP contribution in [-0.2, 0) is 16.1 Å². The van der Waals surface area contributed by atoms with Gasteiger partial charge in [-0.15, -0.1) is 0 Å². The van der Waals surface area contributed by atoms with E-state index >= 15 is 0 Å². The molecule has 0 spiro atoms. The maximum absolute atomic E-state index is 12.6. The van der Waals surface area contributed by atoms with Crippen molar-refractivity contribution in [3.8, 4) is 0 Å². The van der Waals surface area contributed by atoms with Crippen molar-refractivity contribution in [2.75, 3.05) is 31.6 Å². The van der Waals surface area contributed by atoms with Crippen LogP contribution in [0.25, 0.3) is 0 Å². The fraction of sp³-hybridized carbons (Fsp3) is 0.500. The average molecular weight is 374 g/mol. The number of nitrogens with one attached hydrogen (secondary N) is 1. The predicted molar refractivity (Wildman–Crippen MR) is 84.3 cm³/mol. The Kier molecular flexibility index (Phi) is 7.85. The van der Waals surface area contributed by atoms with Gasteiger partial charge in [-0.25, -0.2) is 0 Å². The molecule has 1 rings (SSSR count). The summed E-state index contributed by atoms with van der Waals surface area (Å²) in [6, 6.07) is 6.29. The second kappa shape index (κ2) is 9.12. The summed E-state index contributed by atoms with van der Waals surface area (Å²) in [7, 11) is 0. The first-order valence-corrected chi connectivity index (χ1v) is 10.4. The molecule has 1 atom stereocenters. The van der Waals surface area contributed by atoms with Gasteiger partial charge in [-0.2, -0.15) is 0 Å². The molecule has 22 heavy (non-hydrogen) atoms. The molecule has 1 aromatic rings. The summed E-state index contributed by atoms with van der Waals surface area (Å²) in [6.45, 7) is 7.90. The van der Waals surface area contributed by atoms with Crippen molar-refractivity contribution < 1.29 is 21.4 Å². The van der Waals surface area contributed by atoms with E-state index in [4.69, 9.17) is 8.98 Å². The number of anilines is 1. The van der Waals surface area contributed by atoms with Gasteiger partial charge in [-0.05, 0) is 0 Å². The third-order valence-electron chi connectivity index (χ3n) is 3.15. The molecule has 0 saturated heterocycles. The van der Waals surface area contributed by atoms with Gasteiger partial charge in [0.25, 0.3) is 0 Å². The minimum absolute atomic E-state index is 0.184. The van der Waals surface area contributed by atoms with E-state index in [0.29, 0.717) is 12.2 Å². The summed E-state index contributed by atoms with van der Waals surface area (Å²) in [5, 5.41) is 11.6. The third kappa shape index (κ3) is 5.59. The Bertz CT molecular complexity index is 534. The normalized spacial score (nSPS) is 13.9. The second-order valence-electron chi connectivity index (χ2n) is 4.67. The molecular formula is C14H23AsN2O5. The molecule has 124 valence electrons. The summed E-state index contributed by atoms with van der Waals surface area (Å²) in [6.07, 6.45) is 0. The Balaban J connectivity index is 2.80. The van der Waals surface area contributed by atoms with Gasteiger partial charge in [0.1, 0.15) is 0 Å². The van der Waals surface area contributed by atoms with E-state index in [2.05, 4.69) is 14.1 Å². The number of amides is 1. The van der Waals surface area contributed by atoms with E-state index < -0.39 is 14.2 Å². The number of hydrogen-bond acceptors (Lipinski definition) is 6. The molecule has 8 heteroatoms. The van der Waals surface area contributed by atoms with Gasteiger partial charge in [0, 0.05) is 0 Å². The molecule has 1 unspecified atom stereocenters. The van der Waals surface area contributed by atoms with Crippen LogP contribution in [0.15, 0.2) is 24.3 Å². The Hall–Kier alpha value is -1.11. The maximum atomic E-state index is 12.6. The number of carbonyl (C=O) groups is 1. The third-order valence-corrected chi connectivity index (χ3v) is 6.61. The van der Waals surface area contributed by atoms with Crippen molar-refractivity contribution in [3.63, 3.8) is 0 Å². The zero-order valence-corrected chi connectivity index (χ0v) is 15.0. The fourth-order valence-corrected chi connectivity index (χ4v) is 4.40. The fourth-order valence-electron chi connectivity index (χ4n) is 1.93. The molecule has 0 aliphatic rings. The summed E-state index contributed by atoms with van der Waals surface area (Å²) in [5.41, 5.74) is 0.469. The van der Waals surface area contributed by atoms with E-state index in [9.17, 15) is 8.53 Å². The number of benzene rings is 1. The zero-order chi connectivity index (χ0) is 16.6. The number of rotatable bonds is 9. The average Bonchev–Trinajstić information content (AvgIpc) is 2.51. The van der Waals surface area contributed by atoms with Crippen LogP contribution in [0.4, 0.5) is 5.69 Å². The Morgan fingerprint density at radius 2 is 2.05 bits per heavy atom. The molecule has 0 radical (unpaired) electrons. The van der Waals surface area contributed by atoms with E-state index in [1.165, 1.54) is 13.0 Å². The van der Waals surface area contributed by atoms with E-state index in [1.54, 1.807) is 18.2 Å². The molecule has 1 aromatic carbocycles. The van der Waals surface area contributed by atoms with E-state index in [-0.39, 0.29) is 16.9 Å².